The van der Waals surface area contributed by atoms with E-state index in [1.807, 2.05) is 4.90 Å². The minimum atomic E-state index is -4.58. The summed E-state index contributed by atoms with van der Waals surface area (Å²) in [7, 11) is 0. The number of piperidine rings is 1. The van der Waals surface area contributed by atoms with E-state index in [0.29, 0.717) is 18.7 Å². The number of imide groups is 2. The van der Waals surface area contributed by atoms with Gasteiger partial charge in [0, 0.05) is 37.0 Å². The molecule has 11 nitrogen and oxygen atoms in total. The third kappa shape index (κ3) is 5.77. The van der Waals surface area contributed by atoms with Crippen molar-refractivity contribution < 1.29 is 37.1 Å². The molecule has 3 aromatic rings. The fourth-order valence-corrected chi connectivity index (χ4v) is 5.64. The van der Waals surface area contributed by atoms with Crippen LogP contribution in [0, 0.1) is 30.1 Å². The number of hydrogen-bond donors (Lipinski definition) is 2. The van der Waals surface area contributed by atoms with Gasteiger partial charge >= 0.3 is 6.18 Å². The van der Waals surface area contributed by atoms with E-state index in [2.05, 4.69) is 33.5 Å². The number of hydrogen-bond acceptors (Lipinski definition) is 7. The molecule has 0 spiro atoms. The number of rotatable bonds is 5. The fourth-order valence-electron chi connectivity index (χ4n) is 5.64. The summed E-state index contributed by atoms with van der Waals surface area (Å²) in [6.07, 6.45) is 4.03. The zero-order valence-electron chi connectivity index (χ0n) is 25.6. The second-order valence-electron chi connectivity index (χ2n) is 12.1. The summed E-state index contributed by atoms with van der Waals surface area (Å²) >= 11 is 0. The van der Waals surface area contributed by atoms with Gasteiger partial charge in [0.15, 0.2) is 0 Å². The molecule has 0 radical (unpaired) electrons. The number of benzene rings is 2. The van der Waals surface area contributed by atoms with Crippen molar-refractivity contribution in [3.05, 3.63) is 76.6 Å². The maximum atomic E-state index is 13.1. The number of carbonyl (C=O) groups excluding carboxylic acids is 5. The number of fused-ring (bicyclic) bond motifs is 1. The summed E-state index contributed by atoms with van der Waals surface area (Å²) in [5.41, 5.74) is -0.541. The van der Waals surface area contributed by atoms with Gasteiger partial charge in [0.1, 0.15) is 11.6 Å². The van der Waals surface area contributed by atoms with Crippen molar-refractivity contribution in [3.63, 3.8) is 0 Å². The summed E-state index contributed by atoms with van der Waals surface area (Å²) in [5, 5.41) is 9.04. The lowest BCUT2D eigenvalue weighted by molar-refractivity contribution is -0.138. The second-order valence-corrected chi connectivity index (χ2v) is 12.1. The van der Waals surface area contributed by atoms with Crippen LogP contribution in [0.1, 0.15) is 64.1 Å². The van der Waals surface area contributed by atoms with E-state index in [9.17, 15) is 37.1 Å². The molecule has 3 aliphatic heterocycles. The van der Waals surface area contributed by atoms with E-state index >= 15 is 0 Å². The average molecular weight is 657 g/mol. The molecule has 6 rings (SSSR count). The quantitative estimate of drug-likeness (QED) is 0.319. The van der Waals surface area contributed by atoms with Crippen molar-refractivity contribution in [2.24, 2.45) is 5.92 Å². The number of terminal acetylenes is 1. The molecule has 1 unspecified atom stereocenters. The number of nitrogens with zero attached hydrogens (tertiary/aromatic N) is 4. The summed E-state index contributed by atoms with van der Waals surface area (Å²) in [4.78, 5) is 66.0. The zero-order valence-corrected chi connectivity index (χ0v) is 25.6. The van der Waals surface area contributed by atoms with Crippen molar-refractivity contribution in [1.82, 2.24) is 20.0 Å². The number of aromatic nitrogens is 2. The Morgan fingerprint density at radius 3 is 2.46 bits per heavy atom. The summed E-state index contributed by atoms with van der Waals surface area (Å²) in [6.45, 7) is 4.29. The Balaban J connectivity index is 1.08. The summed E-state index contributed by atoms with van der Waals surface area (Å²) < 4.78 is 40.6. The standard InChI is InChI=1S/C34H27F3N6O5/c1-4-21-13-22(34(35,36)37)7-10-26(21)39-32(48)33(2,3)42-18-19(15-38-42)5-6-20-16-41(17-20)23-8-9-24-25(14-23)31(47)43(30(24)46)27-11-12-28(44)40-29(27)45/h1,7-10,13-15,18,20,27H,11-12,16-17H2,2-3H3,(H,39,48)(H,40,44,45). The van der Waals surface area contributed by atoms with Crippen LogP contribution in [0.4, 0.5) is 24.5 Å². The summed E-state index contributed by atoms with van der Waals surface area (Å²) in [5.74, 6) is 5.58. The van der Waals surface area contributed by atoms with Gasteiger partial charge in [-0.3, -0.25) is 38.9 Å². The first-order valence-electron chi connectivity index (χ1n) is 14.8. The summed E-state index contributed by atoms with van der Waals surface area (Å²) in [6, 6.07) is 6.64. The Labute approximate surface area is 272 Å². The van der Waals surface area contributed by atoms with Crippen molar-refractivity contribution in [3.8, 4) is 24.2 Å². The van der Waals surface area contributed by atoms with E-state index in [0.717, 1.165) is 28.8 Å². The number of halogens is 3. The highest BCUT2D eigenvalue weighted by atomic mass is 19.4. The third-order valence-corrected chi connectivity index (χ3v) is 8.55. The molecule has 2 N–H and O–H groups in total. The Kier molecular flexibility index (Phi) is 7.83. The Morgan fingerprint density at radius 1 is 1.04 bits per heavy atom. The van der Waals surface area contributed by atoms with Gasteiger partial charge in [0.05, 0.1) is 40.1 Å². The van der Waals surface area contributed by atoms with Crippen molar-refractivity contribution in [1.29, 1.82) is 0 Å². The van der Waals surface area contributed by atoms with Crippen LogP contribution in [0.3, 0.4) is 0 Å². The molecule has 48 heavy (non-hydrogen) atoms. The number of nitrogens with one attached hydrogen (secondary N) is 2. The molecule has 0 aliphatic carbocycles. The maximum absolute atomic E-state index is 13.1. The zero-order chi connectivity index (χ0) is 34.5. The molecule has 3 aliphatic rings. The van der Waals surface area contributed by atoms with Crippen molar-refractivity contribution in [2.75, 3.05) is 23.3 Å². The van der Waals surface area contributed by atoms with Crippen molar-refractivity contribution in [2.45, 2.75) is 44.4 Å². The molecule has 2 saturated heterocycles. The molecule has 4 heterocycles. The molecule has 2 fully saturated rings. The van der Waals surface area contributed by atoms with E-state index in [-0.39, 0.29) is 41.1 Å². The van der Waals surface area contributed by atoms with Crippen LogP contribution in [-0.2, 0) is 26.1 Å². The van der Waals surface area contributed by atoms with E-state index < -0.39 is 52.9 Å². The van der Waals surface area contributed by atoms with Crippen LogP contribution in [0.25, 0.3) is 0 Å². The SMILES string of the molecule is C#Cc1cc(C(F)(F)F)ccc1NC(=O)C(C)(C)n1cc(C#CC2CN(c3ccc4c(c3)C(=O)N(C3CCC(=O)NC3=O)C4=O)C2)cn1. The Hall–Kier alpha value is -5.89. The second kappa shape index (κ2) is 11.7. The predicted octanol–water partition coefficient (Wildman–Crippen LogP) is 3.15. The third-order valence-electron chi connectivity index (χ3n) is 8.55. The van der Waals surface area contributed by atoms with Crippen LogP contribution in [0.5, 0.6) is 0 Å². The van der Waals surface area contributed by atoms with Gasteiger partial charge in [0.2, 0.25) is 11.8 Å². The fraction of sp³-hybridized carbons (Fsp3) is 0.294. The first-order chi connectivity index (χ1) is 22.7. The van der Waals surface area contributed by atoms with E-state index in [4.69, 9.17) is 6.42 Å². The molecule has 1 aromatic heterocycles. The Bertz CT molecular complexity index is 2010. The van der Waals surface area contributed by atoms with E-state index in [1.165, 1.54) is 10.9 Å². The predicted molar refractivity (Wildman–Crippen MR) is 165 cm³/mol. The smallest absolute Gasteiger partial charge is 0.369 e. The molecule has 1 atom stereocenters. The van der Waals surface area contributed by atoms with Crippen LogP contribution >= 0.6 is 0 Å². The number of amides is 5. The highest BCUT2D eigenvalue weighted by Crippen LogP contribution is 2.34. The first kappa shape index (κ1) is 32.1. The Morgan fingerprint density at radius 2 is 1.77 bits per heavy atom. The number of carbonyl (C=O) groups is 5. The van der Waals surface area contributed by atoms with Gasteiger partial charge in [-0.05, 0) is 56.7 Å². The topological polar surface area (TPSA) is 134 Å². The van der Waals surface area contributed by atoms with Gasteiger partial charge in [-0.1, -0.05) is 17.8 Å². The van der Waals surface area contributed by atoms with E-state index in [1.54, 1.807) is 38.2 Å². The monoisotopic (exact) mass is 656 g/mol. The molecule has 0 bridgehead atoms. The normalized spacial score (nSPS) is 18.0. The lowest BCUT2D eigenvalue weighted by Gasteiger charge is -2.38. The molecule has 5 amide bonds. The van der Waals surface area contributed by atoms with Gasteiger partial charge in [-0.2, -0.15) is 18.3 Å². The largest absolute Gasteiger partial charge is 0.416 e. The first-order valence-corrected chi connectivity index (χ1v) is 14.8. The number of alkyl halides is 3. The van der Waals surface area contributed by atoms with Gasteiger partial charge in [-0.25, -0.2) is 0 Å². The molecule has 244 valence electrons. The average Bonchev–Trinajstić information content (AvgIpc) is 3.59. The number of anilines is 2. The van der Waals surface area contributed by atoms with Crippen LogP contribution < -0.4 is 15.5 Å². The minimum absolute atomic E-state index is 0.0166. The molecule has 14 heteroatoms. The van der Waals surface area contributed by atoms with Gasteiger partial charge in [0.25, 0.3) is 17.7 Å². The molecule has 2 aromatic carbocycles. The highest BCUT2D eigenvalue weighted by Gasteiger charge is 2.45. The molecular weight excluding hydrogens is 629 g/mol. The van der Waals surface area contributed by atoms with Crippen LogP contribution in [0.15, 0.2) is 48.8 Å². The van der Waals surface area contributed by atoms with Gasteiger partial charge < -0.3 is 10.2 Å². The van der Waals surface area contributed by atoms with Crippen LogP contribution in [0.2, 0.25) is 0 Å². The molecular formula is C34H27F3N6O5. The van der Waals surface area contributed by atoms with Crippen molar-refractivity contribution >= 4 is 40.9 Å². The van der Waals surface area contributed by atoms with Crippen LogP contribution in [-0.4, -0.2) is 63.3 Å². The minimum Gasteiger partial charge on any atom is -0.369 e. The lowest BCUT2D eigenvalue weighted by atomic mass is 9.98. The highest BCUT2D eigenvalue weighted by molar-refractivity contribution is 6.23. The maximum Gasteiger partial charge on any atom is 0.416 e. The molecule has 0 saturated carbocycles. The van der Waals surface area contributed by atoms with Gasteiger partial charge in [-0.15, -0.1) is 6.42 Å². The lowest BCUT2D eigenvalue weighted by Crippen LogP contribution is -2.54.